The van der Waals surface area contributed by atoms with E-state index in [9.17, 15) is 0 Å². The Hall–Kier alpha value is -1.15. The summed E-state index contributed by atoms with van der Waals surface area (Å²) < 4.78 is 0. The smallest absolute Gasteiger partial charge is 0.0373 e. The predicted octanol–water partition coefficient (Wildman–Crippen LogP) is 2.40. The van der Waals surface area contributed by atoms with Crippen molar-refractivity contribution in [2.45, 2.75) is 19.8 Å². The zero-order valence-electron chi connectivity index (χ0n) is 9.74. The molecule has 16 heavy (non-hydrogen) atoms. The van der Waals surface area contributed by atoms with Gasteiger partial charge in [-0.3, -0.25) is 4.98 Å². The van der Waals surface area contributed by atoms with E-state index < -0.39 is 0 Å². The van der Waals surface area contributed by atoms with Crippen LogP contribution in [0, 0.1) is 18.8 Å². The maximum absolute atomic E-state index is 4.38. The minimum atomic E-state index is 0.848. The molecule has 0 aromatic carbocycles. The fourth-order valence-corrected chi connectivity index (χ4v) is 2.85. The average molecular weight is 214 g/mol. The first-order chi connectivity index (χ1) is 7.83. The molecule has 0 spiro atoms. The van der Waals surface area contributed by atoms with Gasteiger partial charge in [0.2, 0.25) is 0 Å². The molecule has 2 aliphatic rings. The first kappa shape index (κ1) is 10.0. The van der Waals surface area contributed by atoms with Crippen LogP contribution >= 0.6 is 0 Å². The Labute approximate surface area is 96.8 Å². The lowest BCUT2D eigenvalue weighted by Crippen LogP contribution is -2.16. The number of hydrogen-bond acceptors (Lipinski definition) is 2. The van der Waals surface area contributed by atoms with E-state index in [-0.39, 0.29) is 0 Å². The molecule has 84 valence electrons. The Morgan fingerprint density at radius 2 is 2.12 bits per heavy atom. The number of allylic oxidation sites excluding steroid dienone is 2. The van der Waals surface area contributed by atoms with E-state index in [2.05, 4.69) is 28.5 Å². The summed E-state index contributed by atoms with van der Waals surface area (Å²) >= 11 is 0. The minimum Gasteiger partial charge on any atom is -0.316 e. The summed E-state index contributed by atoms with van der Waals surface area (Å²) in [5.74, 6) is 1.73. The van der Waals surface area contributed by atoms with Gasteiger partial charge in [-0.2, -0.15) is 0 Å². The lowest BCUT2D eigenvalue weighted by Gasteiger charge is -2.24. The molecule has 2 heteroatoms. The summed E-state index contributed by atoms with van der Waals surface area (Å²) in [7, 11) is 0. The van der Waals surface area contributed by atoms with Crippen molar-refractivity contribution in [3.05, 3.63) is 35.7 Å². The molecule has 1 aliphatic carbocycles. The monoisotopic (exact) mass is 214 g/mol. The molecular weight excluding hydrogens is 196 g/mol. The van der Waals surface area contributed by atoms with Crippen molar-refractivity contribution in [2.24, 2.45) is 11.8 Å². The van der Waals surface area contributed by atoms with Gasteiger partial charge in [0.1, 0.15) is 0 Å². The van der Waals surface area contributed by atoms with E-state index in [0.717, 1.165) is 17.5 Å². The zero-order chi connectivity index (χ0) is 11.0. The molecular formula is C14H18N2. The standard InChI is InChI=1S/C14H18N2/c1-10-2-3-13(9-16-10)11-4-5-12-7-15-8-14(12)6-11/h2-4,9,12,14-15H,5-8H2,1H3/t12-,14+/m0/s1. The van der Waals surface area contributed by atoms with Gasteiger partial charge in [0.15, 0.2) is 0 Å². The van der Waals surface area contributed by atoms with E-state index in [1.165, 1.54) is 37.1 Å². The van der Waals surface area contributed by atoms with Crippen LogP contribution in [0.1, 0.15) is 24.1 Å². The van der Waals surface area contributed by atoms with Crippen molar-refractivity contribution in [2.75, 3.05) is 13.1 Å². The minimum absolute atomic E-state index is 0.848. The molecule has 0 saturated carbocycles. The van der Waals surface area contributed by atoms with Crippen molar-refractivity contribution >= 4 is 5.57 Å². The van der Waals surface area contributed by atoms with Crippen molar-refractivity contribution in [3.8, 4) is 0 Å². The Morgan fingerprint density at radius 1 is 1.25 bits per heavy atom. The second-order valence-corrected chi connectivity index (χ2v) is 5.04. The van der Waals surface area contributed by atoms with E-state index in [1.54, 1.807) is 0 Å². The molecule has 1 saturated heterocycles. The number of fused-ring (bicyclic) bond motifs is 1. The van der Waals surface area contributed by atoms with Gasteiger partial charge in [-0.25, -0.2) is 0 Å². The van der Waals surface area contributed by atoms with E-state index in [4.69, 9.17) is 0 Å². The van der Waals surface area contributed by atoms with Crippen LogP contribution in [-0.2, 0) is 0 Å². The van der Waals surface area contributed by atoms with Gasteiger partial charge in [-0.15, -0.1) is 0 Å². The van der Waals surface area contributed by atoms with Crippen LogP contribution in [-0.4, -0.2) is 18.1 Å². The van der Waals surface area contributed by atoms with Gasteiger partial charge in [-0.05, 0) is 61.9 Å². The highest BCUT2D eigenvalue weighted by molar-refractivity contribution is 5.66. The Balaban J connectivity index is 1.83. The summed E-state index contributed by atoms with van der Waals surface area (Å²) in [6.07, 6.45) is 6.90. The number of aryl methyl sites for hydroxylation is 1. The molecule has 0 bridgehead atoms. The average Bonchev–Trinajstić information content (AvgIpc) is 2.77. The van der Waals surface area contributed by atoms with Crippen molar-refractivity contribution in [1.82, 2.24) is 10.3 Å². The lowest BCUT2D eigenvalue weighted by atomic mass is 9.80. The normalized spacial score (nSPS) is 28.7. The third-order valence-corrected chi connectivity index (χ3v) is 3.91. The predicted molar refractivity (Wildman–Crippen MR) is 66.0 cm³/mol. The quantitative estimate of drug-likeness (QED) is 0.776. The highest BCUT2D eigenvalue weighted by Gasteiger charge is 2.30. The van der Waals surface area contributed by atoms with Gasteiger partial charge in [-0.1, -0.05) is 12.1 Å². The molecule has 1 aromatic heterocycles. The molecule has 1 aliphatic heterocycles. The highest BCUT2D eigenvalue weighted by Crippen LogP contribution is 2.36. The molecule has 0 unspecified atom stereocenters. The van der Waals surface area contributed by atoms with Crippen molar-refractivity contribution in [3.63, 3.8) is 0 Å². The highest BCUT2D eigenvalue weighted by atomic mass is 14.9. The fourth-order valence-electron chi connectivity index (χ4n) is 2.85. The number of aromatic nitrogens is 1. The lowest BCUT2D eigenvalue weighted by molar-refractivity contribution is 0.418. The maximum Gasteiger partial charge on any atom is 0.0373 e. The molecule has 2 heterocycles. The molecule has 0 radical (unpaired) electrons. The van der Waals surface area contributed by atoms with Gasteiger partial charge >= 0.3 is 0 Å². The molecule has 1 N–H and O–H groups in total. The summed E-state index contributed by atoms with van der Waals surface area (Å²) in [6.45, 7) is 4.44. The van der Waals surface area contributed by atoms with Gasteiger partial charge in [0.25, 0.3) is 0 Å². The second-order valence-electron chi connectivity index (χ2n) is 5.04. The fraction of sp³-hybridized carbons (Fsp3) is 0.500. The molecule has 3 rings (SSSR count). The Morgan fingerprint density at radius 3 is 2.94 bits per heavy atom. The molecule has 0 amide bonds. The SMILES string of the molecule is Cc1ccc(C2=CC[C@H]3CNC[C@H]3C2)cn1. The van der Waals surface area contributed by atoms with E-state index >= 15 is 0 Å². The molecule has 1 fully saturated rings. The molecule has 2 nitrogen and oxygen atoms in total. The molecule has 1 aromatic rings. The van der Waals surface area contributed by atoms with Crippen LogP contribution in [0.25, 0.3) is 5.57 Å². The maximum atomic E-state index is 4.38. The number of hydrogen-bond donors (Lipinski definition) is 1. The summed E-state index contributed by atoms with van der Waals surface area (Å²) in [5, 5.41) is 3.50. The third kappa shape index (κ3) is 1.78. The first-order valence-electron chi connectivity index (χ1n) is 6.16. The van der Waals surface area contributed by atoms with Crippen LogP contribution in [0.2, 0.25) is 0 Å². The number of nitrogens with zero attached hydrogens (tertiary/aromatic N) is 1. The topological polar surface area (TPSA) is 24.9 Å². The Kier molecular flexibility index (Phi) is 2.52. The largest absolute Gasteiger partial charge is 0.316 e. The number of rotatable bonds is 1. The third-order valence-electron chi connectivity index (χ3n) is 3.91. The number of nitrogens with one attached hydrogen (secondary N) is 1. The van der Waals surface area contributed by atoms with Crippen LogP contribution in [0.15, 0.2) is 24.4 Å². The van der Waals surface area contributed by atoms with Gasteiger partial charge in [0.05, 0.1) is 0 Å². The van der Waals surface area contributed by atoms with Crippen LogP contribution < -0.4 is 5.32 Å². The van der Waals surface area contributed by atoms with Crippen LogP contribution in [0.4, 0.5) is 0 Å². The molecule has 2 atom stereocenters. The summed E-state index contributed by atoms with van der Waals surface area (Å²) in [5.41, 5.74) is 3.91. The summed E-state index contributed by atoms with van der Waals surface area (Å²) in [4.78, 5) is 4.38. The van der Waals surface area contributed by atoms with Gasteiger partial charge < -0.3 is 5.32 Å². The van der Waals surface area contributed by atoms with Crippen molar-refractivity contribution in [1.29, 1.82) is 0 Å². The van der Waals surface area contributed by atoms with Crippen molar-refractivity contribution < 1.29 is 0 Å². The van der Waals surface area contributed by atoms with Gasteiger partial charge in [0, 0.05) is 11.9 Å². The van der Waals surface area contributed by atoms with E-state index in [0.29, 0.717) is 0 Å². The van der Waals surface area contributed by atoms with E-state index in [1.807, 2.05) is 13.1 Å². The van der Waals surface area contributed by atoms with Crippen LogP contribution in [0.3, 0.4) is 0 Å². The zero-order valence-corrected chi connectivity index (χ0v) is 9.74. The number of pyridine rings is 1. The first-order valence-corrected chi connectivity index (χ1v) is 6.16. The van der Waals surface area contributed by atoms with Crippen LogP contribution in [0.5, 0.6) is 0 Å². The Bertz CT molecular complexity index is 405. The summed E-state index contributed by atoms with van der Waals surface area (Å²) in [6, 6.07) is 4.31. The second kappa shape index (κ2) is 4.02.